The van der Waals surface area contributed by atoms with Crippen LogP contribution in [0.1, 0.15) is 0 Å². The van der Waals surface area contributed by atoms with Crippen LogP contribution in [0.3, 0.4) is 0 Å². The molecule has 1 heterocycles. The molecule has 0 bridgehead atoms. The molecule has 1 aliphatic heterocycles. The van der Waals surface area contributed by atoms with Crippen LogP contribution < -0.4 is 0 Å². The van der Waals surface area contributed by atoms with Crippen LogP contribution in [0.5, 0.6) is 0 Å². The highest BCUT2D eigenvalue weighted by molar-refractivity contribution is 9.02. The van der Waals surface area contributed by atoms with Crippen LogP contribution in [0.15, 0.2) is 0 Å². The van der Waals surface area contributed by atoms with E-state index in [1.807, 2.05) is 0 Å². The zero-order valence-corrected chi connectivity index (χ0v) is 9.33. The third-order valence-electron chi connectivity index (χ3n) is 1.21. The molecule has 0 N–H and O–H groups in total. The van der Waals surface area contributed by atoms with Gasteiger partial charge in [0.25, 0.3) is 0 Å². The van der Waals surface area contributed by atoms with Gasteiger partial charge >= 0.3 is 0 Å². The van der Waals surface area contributed by atoms with Gasteiger partial charge in [0.2, 0.25) is 0 Å². The van der Waals surface area contributed by atoms with Gasteiger partial charge in [-0.15, -0.1) is 12.8 Å². The van der Waals surface area contributed by atoms with E-state index in [0.29, 0.717) is 0 Å². The molecule has 0 amide bonds. The van der Waals surface area contributed by atoms with Crippen LogP contribution in [-0.2, 0) is 11.8 Å². The van der Waals surface area contributed by atoms with Gasteiger partial charge < -0.3 is 0 Å². The molecule has 0 aromatic heterocycles. The largest absolute Gasteiger partial charge is 0.119 e. The highest BCUT2D eigenvalue weighted by Crippen LogP contribution is 2.75. The number of terminal acetylenes is 2. The first-order valence-electron chi connectivity index (χ1n) is 2.95. The van der Waals surface area contributed by atoms with Crippen LogP contribution in [0, 0.1) is 24.7 Å². The second-order valence-corrected chi connectivity index (χ2v) is 15.1. The first-order chi connectivity index (χ1) is 5.09. The summed E-state index contributed by atoms with van der Waals surface area (Å²) >= 11 is 8.76. The molecule has 0 aliphatic carbocycles. The number of hydrogen-bond acceptors (Lipinski definition) is 3. The molecule has 0 spiro atoms. The molecule has 2 atom stereocenters. The Labute approximate surface area is 80.8 Å². The van der Waals surface area contributed by atoms with Crippen LogP contribution in [0.2, 0.25) is 0 Å². The summed E-state index contributed by atoms with van der Waals surface area (Å²) in [6.45, 7) is 2.08. The van der Waals surface area contributed by atoms with Gasteiger partial charge in [0.1, 0.15) is 0 Å². The lowest BCUT2D eigenvalue weighted by Crippen LogP contribution is -2.09. The van der Waals surface area contributed by atoms with Gasteiger partial charge in [0.05, 0.1) is 14.9 Å². The Morgan fingerprint density at radius 2 is 1.64 bits per heavy atom. The first kappa shape index (κ1) is 9.56. The third-order valence-corrected chi connectivity index (χ3v) is 10.2. The van der Waals surface area contributed by atoms with E-state index in [2.05, 4.69) is 18.5 Å². The number of hydrogen-bond donors (Lipinski definition) is 0. The van der Waals surface area contributed by atoms with Crippen molar-refractivity contribution in [2.24, 2.45) is 0 Å². The summed E-state index contributed by atoms with van der Waals surface area (Å²) in [4.78, 5) is 0. The molecule has 1 saturated heterocycles. The van der Waals surface area contributed by atoms with E-state index in [-0.39, 0.29) is 10.5 Å². The fraction of sp³-hybridized carbons (Fsp3) is 0.429. The lowest BCUT2D eigenvalue weighted by Gasteiger charge is -2.01. The van der Waals surface area contributed by atoms with Gasteiger partial charge in [-0.1, -0.05) is 46.4 Å². The van der Waals surface area contributed by atoms with Crippen LogP contribution in [-0.4, -0.2) is 17.2 Å². The van der Waals surface area contributed by atoms with Gasteiger partial charge in [-0.3, -0.25) is 0 Å². The minimum Gasteiger partial charge on any atom is -0.119 e. The predicted octanol–water partition coefficient (Wildman–Crippen LogP) is 2.41. The van der Waals surface area contributed by atoms with E-state index < -0.39 is 4.44 Å². The number of rotatable bonds is 0. The van der Waals surface area contributed by atoms with Crippen molar-refractivity contribution in [2.75, 3.05) is 6.66 Å². The van der Waals surface area contributed by atoms with Crippen LogP contribution in [0.4, 0.5) is 0 Å². The fourth-order valence-corrected chi connectivity index (χ4v) is 10.5. The van der Waals surface area contributed by atoms with Crippen LogP contribution >= 0.6 is 27.2 Å². The molecule has 0 nitrogen and oxygen atoms in total. The molecule has 58 valence electrons. The van der Waals surface area contributed by atoms with Crippen molar-refractivity contribution in [2.45, 2.75) is 10.5 Å². The van der Waals surface area contributed by atoms with E-state index in [1.165, 1.54) is 0 Å². The first-order valence-corrected chi connectivity index (χ1v) is 9.17. The third kappa shape index (κ3) is 2.20. The van der Waals surface area contributed by atoms with Crippen molar-refractivity contribution in [3.05, 3.63) is 0 Å². The standard InChI is InChI=1S/C7H7PS3/c1-4-6-7(5-2)11-8(3,9)10-6/h1-2,6-7H,3H3. The molecular weight excluding hydrogens is 211 g/mol. The SMILES string of the molecule is C#CC1SP(C)(=S)SC1C#C. The lowest BCUT2D eigenvalue weighted by molar-refractivity contribution is 1.19. The van der Waals surface area contributed by atoms with Gasteiger partial charge in [-0.05, 0) is 6.66 Å². The van der Waals surface area contributed by atoms with Gasteiger partial charge in [0, 0.05) is 0 Å². The molecule has 4 heteroatoms. The van der Waals surface area contributed by atoms with Crippen molar-refractivity contribution in [3.8, 4) is 24.7 Å². The zero-order valence-electron chi connectivity index (χ0n) is 5.98. The van der Waals surface area contributed by atoms with Crippen LogP contribution in [0.25, 0.3) is 0 Å². The second kappa shape index (κ2) is 3.46. The minimum atomic E-state index is -1.31. The monoisotopic (exact) mass is 218 g/mol. The molecule has 1 aliphatic rings. The minimum absolute atomic E-state index is 0.140. The maximum Gasteiger partial charge on any atom is 0.0943 e. The van der Waals surface area contributed by atoms with E-state index in [0.717, 1.165) is 0 Å². The second-order valence-electron chi connectivity index (χ2n) is 2.16. The van der Waals surface area contributed by atoms with Gasteiger partial charge in [-0.25, -0.2) is 0 Å². The normalized spacial score (nSPS) is 42.8. The maximum absolute atomic E-state index is 5.34. The summed E-state index contributed by atoms with van der Waals surface area (Å²) in [5, 5.41) is 0.279. The average Bonchev–Trinajstić information content (AvgIpc) is 2.25. The topological polar surface area (TPSA) is 0 Å². The van der Waals surface area contributed by atoms with Crippen molar-refractivity contribution < 1.29 is 0 Å². The molecule has 11 heavy (non-hydrogen) atoms. The van der Waals surface area contributed by atoms with Crippen molar-refractivity contribution in [1.29, 1.82) is 0 Å². The summed E-state index contributed by atoms with van der Waals surface area (Å²) in [6.07, 6.45) is 10.6. The molecule has 0 aromatic carbocycles. The van der Waals surface area contributed by atoms with E-state index >= 15 is 0 Å². The lowest BCUT2D eigenvalue weighted by atomic mass is 10.3. The predicted molar refractivity (Wildman–Crippen MR) is 60.6 cm³/mol. The van der Waals surface area contributed by atoms with Crippen molar-refractivity contribution >= 4 is 39.0 Å². The maximum atomic E-state index is 5.34. The average molecular weight is 218 g/mol. The molecule has 0 radical (unpaired) electrons. The molecular formula is C7H7PS3. The van der Waals surface area contributed by atoms with Gasteiger partial charge in [-0.2, -0.15) is 0 Å². The Hall–Kier alpha value is 0.470. The molecule has 0 saturated carbocycles. The summed E-state index contributed by atoms with van der Waals surface area (Å²) in [6, 6.07) is 0. The Balaban J connectivity index is 2.82. The summed E-state index contributed by atoms with van der Waals surface area (Å²) in [5.41, 5.74) is 0. The van der Waals surface area contributed by atoms with Gasteiger partial charge in [0.15, 0.2) is 0 Å². The summed E-state index contributed by atoms with van der Waals surface area (Å²) < 4.78 is -1.31. The molecule has 2 unspecified atom stereocenters. The smallest absolute Gasteiger partial charge is 0.0943 e. The molecule has 1 rings (SSSR count). The highest BCUT2D eigenvalue weighted by atomic mass is 33.2. The van der Waals surface area contributed by atoms with E-state index in [9.17, 15) is 0 Å². The summed E-state index contributed by atoms with van der Waals surface area (Å²) in [5.74, 6) is 5.36. The van der Waals surface area contributed by atoms with E-state index in [1.54, 1.807) is 22.8 Å². The Morgan fingerprint density at radius 1 is 1.27 bits per heavy atom. The fourth-order valence-electron chi connectivity index (χ4n) is 0.784. The Kier molecular flexibility index (Phi) is 3.01. The van der Waals surface area contributed by atoms with Crippen molar-refractivity contribution in [1.82, 2.24) is 0 Å². The Morgan fingerprint density at radius 3 is 1.91 bits per heavy atom. The highest BCUT2D eigenvalue weighted by Gasteiger charge is 2.35. The van der Waals surface area contributed by atoms with E-state index in [4.69, 9.17) is 24.7 Å². The molecule has 1 fully saturated rings. The summed E-state index contributed by atoms with van der Waals surface area (Å²) in [7, 11) is 0. The zero-order chi connectivity index (χ0) is 8.48. The van der Waals surface area contributed by atoms with Crippen molar-refractivity contribution in [3.63, 3.8) is 0 Å². The Bertz CT molecular complexity index is 257. The quantitative estimate of drug-likeness (QED) is 0.453. The molecule has 0 aromatic rings.